The summed E-state index contributed by atoms with van der Waals surface area (Å²) in [5.74, 6) is 0. The summed E-state index contributed by atoms with van der Waals surface area (Å²) in [6.45, 7) is 1.93. The molecule has 0 unspecified atom stereocenters. The predicted octanol–water partition coefficient (Wildman–Crippen LogP) is 7.82. The summed E-state index contributed by atoms with van der Waals surface area (Å²) in [5, 5.41) is 4.43. The highest BCUT2D eigenvalue weighted by atomic mass is 79.9. The number of aromatic nitrogens is 3. The van der Waals surface area contributed by atoms with Gasteiger partial charge in [0.25, 0.3) is 0 Å². The summed E-state index contributed by atoms with van der Waals surface area (Å²) in [6, 6.07) is 24.9. The normalized spacial score (nSPS) is 11.8. The van der Waals surface area contributed by atoms with Gasteiger partial charge in [-0.25, -0.2) is 9.50 Å². The summed E-state index contributed by atoms with van der Waals surface area (Å²) in [7, 11) is 0. The molecule has 0 saturated carbocycles. The molecule has 0 aliphatic heterocycles. The molecule has 0 aliphatic rings. The number of aryl methyl sites for hydroxylation is 1. The van der Waals surface area contributed by atoms with Gasteiger partial charge in [-0.2, -0.15) is 18.3 Å². The van der Waals surface area contributed by atoms with Crippen LogP contribution in [0.3, 0.4) is 0 Å². The first kappa shape index (κ1) is 21.4. The Morgan fingerprint density at radius 3 is 2.15 bits per heavy atom. The highest BCUT2D eigenvalue weighted by molar-refractivity contribution is 9.10. The lowest BCUT2D eigenvalue weighted by Gasteiger charge is -2.12. The Labute approximate surface area is 196 Å². The first-order valence-electron chi connectivity index (χ1n) is 10.2. The average molecular weight is 508 g/mol. The molecular weight excluding hydrogens is 491 g/mol. The van der Waals surface area contributed by atoms with Gasteiger partial charge >= 0.3 is 6.18 Å². The Kier molecular flexibility index (Phi) is 5.29. The second kappa shape index (κ2) is 8.15. The molecule has 2 aromatic heterocycles. The van der Waals surface area contributed by atoms with Crippen LogP contribution in [0, 0.1) is 6.92 Å². The molecule has 0 radical (unpaired) electrons. The van der Waals surface area contributed by atoms with E-state index in [0.717, 1.165) is 26.2 Å². The molecule has 5 rings (SSSR count). The van der Waals surface area contributed by atoms with Crippen molar-refractivity contribution in [3.8, 4) is 33.6 Å². The van der Waals surface area contributed by atoms with Crippen LogP contribution in [-0.2, 0) is 6.18 Å². The van der Waals surface area contributed by atoms with Gasteiger partial charge in [0.15, 0.2) is 11.3 Å². The van der Waals surface area contributed by atoms with Crippen molar-refractivity contribution in [3.63, 3.8) is 0 Å². The first-order chi connectivity index (χ1) is 15.8. The number of halogens is 4. The summed E-state index contributed by atoms with van der Waals surface area (Å²) in [5.41, 5.74) is 3.56. The zero-order valence-electron chi connectivity index (χ0n) is 17.4. The second-order valence-corrected chi connectivity index (χ2v) is 8.64. The van der Waals surface area contributed by atoms with Gasteiger partial charge in [0, 0.05) is 15.6 Å². The molecule has 33 heavy (non-hydrogen) atoms. The molecule has 0 aliphatic carbocycles. The third-order valence-electron chi connectivity index (χ3n) is 5.39. The smallest absolute Gasteiger partial charge is 0.228 e. The number of alkyl halides is 3. The number of hydrogen-bond acceptors (Lipinski definition) is 2. The van der Waals surface area contributed by atoms with Gasteiger partial charge in [0.05, 0.1) is 11.3 Å². The molecule has 0 bridgehead atoms. The van der Waals surface area contributed by atoms with E-state index < -0.39 is 11.9 Å². The average Bonchev–Trinajstić information content (AvgIpc) is 3.18. The minimum Gasteiger partial charge on any atom is -0.228 e. The molecule has 3 nitrogen and oxygen atoms in total. The maximum absolute atomic E-state index is 14.2. The fraction of sp³-hybridized carbons (Fsp3) is 0.0769. The zero-order chi connectivity index (χ0) is 23.2. The Morgan fingerprint density at radius 2 is 1.48 bits per heavy atom. The van der Waals surface area contributed by atoms with E-state index in [0.29, 0.717) is 22.4 Å². The number of nitrogens with zero attached hydrogens (tertiary/aromatic N) is 3. The lowest BCUT2D eigenvalue weighted by molar-refractivity contribution is -0.142. The van der Waals surface area contributed by atoms with Crippen LogP contribution in [0.5, 0.6) is 0 Å². The summed E-state index contributed by atoms with van der Waals surface area (Å²) in [4.78, 5) is 4.68. The summed E-state index contributed by atoms with van der Waals surface area (Å²) < 4.78 is 44.3. The number of benzene rings is 3. The molecule has 164 valence electrons. The first-order valence-corrected chi connectivity index (χ1v) is 11.0. The van der Waals surface area contributed by atoms with E-state index in [-0.39, 0.29) is 11.3 Å². The minimum absolute atomic E-state index is 0.154. The maximum Gasteiger partial charge on any atom is 0.433 e. The molecule has 0 atom stereocenters. The van der Waals surface area contributed by atoms with E-state index in [2.05, 4.69) is 26.0 Å². The van der Waals surface area contributed by atoms with E-state index in [1.54, 1.807) is 12.1 Å². The van der Waals surface area contributed by atoms with Crippen molar-refractivity contribution in [3.05, 3.63) is 101 Å². The van der Waals surface area contributed by atoms with Crippen molar-refractivity contribution < 1.29 is 13.2 Å². The Balaban J connectivity index is 1.89. The SMILES string of the molecule is Cc1ccc(-c2cc(C(F)(F)F)n3nc(-c4cccc(Br)c4)c(-c4ccccc4)c3n2)cc1. The Hall–Kier alpha value is -3.45. The summed E-state index contributed by atoms with van der Waals surface area (Å²) in [6.07, 6.45) is -4.62. The minimum atomic E-state index is -4.62. The van der Waals surface area contributed by atoms with Crippen LogP contribution < -0.4 is 0 Å². The topological polar surface area (TPSA) is 30.2 Å². The van der Waals surface area contributed by atoms with Crippen LogP contribution in [0.1, 0.15) is 11.3 Å². The molecule has 5 aromatic rings. The van der Waals surface area contributed by atoms with E-state index in [9.17, 15) is 13.2 Å². The molecule has 7 heteroatoms. The number of hydrogen-bond donors (Lipinski definition) is 0. The van der Waals surface area contributed by atoms with Crippen LogP contribution >= 0.6 is 15.9 Å². The van der Waals surface area contributed by atoms with Crippen molar-refractivity contribution in [2.24, 2.45) is 0 Å². The van der Waals surface area contributed by atoms with Gasteiger partial charge in [-0.05, 0) is 30.7 Å². The third-order valence-corrected chi connectivity index (χ3v) is 5.88. The maximum atomic E-state index is 14.2. The van der Waals surface area contributed by atoms with Crippen LogP contribution in [-0.4, -0.2) is 14.6 Å². The largest absolute Gasteiger partial charge is 0.433 e. The lowest BCUT2D eigenvalue weighted by Crippen LogP contribution is -2.13. The number of rotatable bonds is 3. The van der Waals surface area contributed by atoms with Crippen molar-refractivity contribution in [2.45, 2.75) is 13.1 Å². The van der Waals surface area contributed by atoms with Gasteiger partial charge in [-0.1, -0.05) is 88.2 Å². The highest BCUT2D eigenvalue weighted by Crippen LogP contribution is 2.39. The highest BCUT2D eigenvalue weighted by Gasteiger charge is 2.36. The predicted molar refractivity (Wildman–Crippen MR) is 127 cm³/mol. The third kappa shape index (κ3) is 4.04. The molecule has 2 heterocycles. The van der Waals surface area contributed by atoms with Crippen molar-refractivity contribution in [1.82, 2.24) is 14.6 Å². The molecule has 0 saturated heterocycles. The van der Waals surface area contributed by atoms with Crippen LogP contribution in [0.15, 0.2) is 89.4 Å². The Morgan fingerprint density at radius 1 is 0.788 bits per heavy atom. The Bertz CT molecular complexity index is 1460. The molecule has 0 N–H and O–H groups in total. The van der Waals surface area contributed by atoms with Crippen molar-refractivity contribution in [1.29, 1.82) is 0 Å². The molecule has 0 fully saturated rings. The molecular formula is C26H17BrF3N3. The van der Waals surface area contributed by atoms with E-state index in [4.69, 9.17) is 0 Å². The lowest BCUT2D eigenvalue weighted by atomic mass is 10.0. The van der Waals surface area contributed by atoms with Crippen LogP contribution in [0.2, 0.25) is 0 Å². The van der Waals surface area contributed by atoms with E-state index >= 15 is 0 Å². The number of fused-ring (bicyclic) bond motifs is 1. The fourth-order valence-electron chi connectivity index (χ4n) is 3.80. The van der Waals surface area contributed by atoms with Crippen LogP contribution in [0.25, 0.3) is 39.3 Å². The summed E-state index contributed by atoms with van der Waals surface area (Å²) >= 11 is 3.45. The standard InChI is InChI=1S/C26H17BrF3N3/c1-16-10-12-17(13-11-16)21-15-22(26(28,29)30)33-25(31-21)23(18-6-3-2-4-7-18)24(32-33)19-8-5-9-20(27)14-19/h2-15H,1H3. The van der Waals surface area contributed by atoms with Crippen LogP contribution in [0.4, 0.5) is 13.2 Å². The van der Waals surface area contributed by atoms with E-state index in [1.807, 2.05) is 73.7 Å². The van der Waals surface area contributed by atoms with Gasteiger partial charge in [0.1, 0.15) is 5.69 Å². The molecule has 0 spiro atoms. The molecule has 3 aromatic carbocycles. The van der Waals surface area contributed by atoms with Crippen molar-refractivity contribution >= 4 is 21.6 Å². The molecule has 0 amide bonds. The van der Waals surface area contributed by atoms with E-state index in [1.165, 1.54) is 0 Å². The monoisotopic (exact) mass is 507 g/mol. The quantitative estimate of drug-likeness (QED) is 0.249. The van der Waals surface area contributed by atoms with Gasteiger partial charge in [0.2, 0.25) is 0 Å². The fourth-order valence-corrected chi connectivity index (χ4v) is 4.20. The second-order valence-electron chi connectivity index (χ2n) is 7.73. The van der Waals surface area contributed by atoms with Gasteiger partial charge in [-0.15, -0.1) is 0 Å². The van der Waals surface area contributed by atoms with Crippen molar-refractivity contribution in [2.75, 3.05) is 0 Å². The van der Waals surface area contributed by atoms with Gasteiger partial charge in [-0.3, -0.25) is 0 Å². The van der Waals surface area contributed by atoms with Gasteiger partial charge < -0.3 is 0 Å². The zero-order valence-corrected chi connectivity index (χ0v) is 19.0.